The van der Waals surface area contributed by atoms with Crippen molar-refractivity contribution >= 4 is 5.97 Å². The van der Waals surface area contributed by atoms with Gasteiger partial charge in [-0.3, -0.25) is 0 Å². The highest BCUT2D eigenvalue weighted by Gasteiger charge is 2.80. The number of esters is 1. The molecule has 3 aliphatic carbocycles. The molecule has 148 valence electrons. The monoisotopic (exact) mass is 378 g/mol. The highest BCUT2D eigenvalue weighted by Crippen LogP contribution is 2.67. The summed E-state index contributed by atoms with van der Waals surface area (Å²) in [6.07, 6.45) is 2.37. The molecule has 0 amide bonds. The lowest BCUT2D eigenvalue weighted by atomic mass is 9.45. The zero-order valence-electron chi connectivity index (χ0n) is 15.5. The Balaban J connectivity index is 1.69. The Bertz CT molecular complexity index is 789. The van der Waals surface area contributed by atoms with Crippen molar-refractivity contribution in [3.8, 4) is 0 Å². The first-order valence-corrected chi connectivity index (χ1v) is 9.66. The van der Waals surface area contributed by atoms with E-state index in [4.69, 9.17) is 9.47 Å². The molecule has 1 saturated heterocycles. The van der Waals surface area contributed by atoms with Gasteiger partial charge >= 0.3 is 5.97 Å². The van der Waals surface area contributed by atoms with Gasteiger partial charge in [-0.25, -0.2) is 4.79 Å². The summed E-state index contributed by atoms with van der Waals surface area (Å²) >= 11 is 0. The van der Waals surface area contributed by atoms with E-state index in [-0.39, 0.29) is 25.1 Å². The Kier molecular flexibility index (Phi) is 3.31. The van der Waals surface area contributed by atoms with Gasteiger partial charge in [-0.15, -0.1) is 0 Å². The van der Waals surface area contributed by atoms with Crippen molar-refractivity contribution in [1.29, 1.82) is 0 Å². The maximum atomic E-state index is 12.0. The Labute approximate surface area is 157 Å². The van der Waals surface area contributed by atoms with E-state index in [1.54, 1.807) is 19.1 Å². The third-order valence-electron chi connectivity index (χ3n) is 8.32. The molecule has 2 bridgehead atoms. The second-order valence-corrected chi connectivity index (χ2v) is 9.16. The predicted octanol–water partition coefficient (Wildman–Crippen LogP) is -0.181. The number of aliphatic hydroxyl groups is 4. The van der Waals surface area contributed by atoms with Gasteiger partial charge in [0, 0.05) is 23.5 Å². The van der Waals surface area contributed by atoms with E-state index in [1.165, 1.54) is 0 Å². The molecule has 5 aliphatic rings. The molecule has 27 heavy (non-hydrogen) atoms. The van der Waals surface area contributed by atoms with Crippen LogP contribution in [0.3, 0.4) is 0 Å². The van der Waals surface area contributed by atoms with Crippen molar-refractivity contribution in [3.63, 3.8) is 0 Å². The van der Waals surface area contributed by atoms with Crippen molar-refractivity contribution in [3.05, 3.63) is 23.3 Å². The Morgan fingerprint density at radius 2 is 2.07 bits per heavy atom. The molecule has 7 heteroatoms. The molecule has 2 aliphatic heterocycles. The van der Waals surface area contributed by atoms with Gasteiger partial charge in [0.2, 0.25) is 0 Å². The fourth-order valence-corrected chi connectivity index (χ4v) is 6.50. The van der Waals surface area contributed by atoms with Crippen molar-refractivity contribution in [2.45, 2.75) is 62.1 Å². The van der Waals surface area contributed by atoms with Crippen LogP contribution in [0.4, 0.5) is 0 Å². The first-order valence-electron chi connectivity index (χ1n) is 9.66. The van der Waals surface area contributed by atoms with Gasteiger partial charge in [0.05, 0.1) is 6.10 Å². The molecule has 8 atom stereocenters. The second-order valence-electron chi connectivity index (χ2n) is 9.16. The Morgan fingerprint density at radius 3 is 2.78 bits per heavy atom. The molecule has 1 unspecified atom stereocenters. The molecule has 4 N–H and O–H groups in total. The van der Waals surface area contributed by atoms with Crippen LogP contribution in [-0.4, -0.2) is 68.6 Å². The van der Waals surface area contributed by atoms with Crippen LogP contribution in [-0.2, 0) is 14.3 Å². The number of rotatable bonds is 2. The lowest BCUT2D eigenvalue weighted by Gasteiger charge is -2.62. The summed E-state index contributed by atoms with van der Waals surface area (Å²) in [6, 6.07) is 0. The van der Waals surface area contributed by atoms with E-state index in [1.807, 2.05) is 6.92 Å². The maximum absolute atomic E-state index is 12.0. The fraction of sp³-hybridized carbons (Fsp3) is 0.750. The topological polar surface area (TPSA) is 116 Å². The maximum Gasteiger partial charge on any atom is 0.334 e. The number of carbonyl (C=O) groups is 1. The fourth-order valence-electron chi connectivity index (χ4n) is 6.50. The first-order chi connectivity index (χ1) is 12.7. The van der Waals surface area contributed by atoms with Gasteiger partial charge < -0.3 is 29.9 Å². The van der Waals surface area contributed by atoms with Gasteiger partial charge in [-0.1, -0.05) is 26.0 Å². The minimum atomic E-state index is -1.88. The highest BCUT2D eigenvalue weighted by molar-refractivity contribution is 5.92. The summed E-state index contributed by atoms with van der Waals surface area (Å²) in [4.78, 5) is 12.0. The number of fused-ring (bicyclic) bond motifs is 4. The van der Waals surface area contributed by atoms with Crippen LogP contribution in [0.2, 0.25) is 0 Å². The van der Waals surface area contributed by atoms with Crippen molar-refractivity contribution in [2.75, 3.05) is 13.2 Å². The smallest absolute Gasteiger partial charge is 0.334 e. The Hall–Kier alpha value is -1.25. The predicted molar refractivity (Wildman–Crippen MR) is 92.3 cm³/mol. The van der Waals surface area contributed by atoms with Crippen LogP contribution >= 0.6 is 0 Å². The number of carbonyl (C=O) groups excluding carboxylic acids is 1. The second kappa shape index (κ2) is 5.02. The molecule has 0 aromatic carbocycles. The number of hydrogen-bond acceptors (Lipinski definition) is 7. The molecular weight excluding hydrogens is 352 g/mol. The van der Waals surface area contributed by atoms with Gasteiger partial charge in [-0.2, -0.15) is 0 Å². The number of hydrogen-bond donors (Lipinski definition) is 4. The molecule has 1 saturated carbocycles. The van der Waals surface area contributed by atoms with Crippen LogP contribution in [0, 0.1) is 17.3 Å². The van der Waals surface area contributed by atoms with Crippen molar-refractivity contribution in [1.82, 2.24) is 0 Å². The van der Waals surface area contributed by atoms with Crippen molar-refractivity contribution < 1.29 is 34.7 Å². The van der Waals surface area contributed by atoms with E-state index in [2.05, 4.69) is 0 Å². The third kappa shape index (κ3) is 1.66. The molecule has 2 fully saturated rings. The average molecular weight is 378 g/mol. The number of cyclic esters (lactones) is 1. The minimum Gasteiger partial charge on any atom is -0.458 e. The SMILES string of the molecule is CC(CO)[C@@]12C=C[C@]3(O)[C@@](O)([C@H](C[C@H]4C5=C(CC[C@@]43C)C(=O)OC5)O1)[C@@H]2O. The van der Waals surface area contributed by atoms with E-state index in [0.29, 0.717) is 24.8 Å². The lowest BCUT2D eigenvalue weighted by molar-refractivity contribution is -0.267. The van der Waals surface area contributed by atoms with E-state index < -0.39 is 40.3 Å². The zero-order valence-corrected chi connectivity index (χ0v) is 15.5. The summed E-state index contributed by atoms with van der Waals surface area (Å²) in [5, 5.41) is 44.3. The Morgan fingerprint density at radius 1 is 1.33 bits per heavy atom. The third-order valence-corrected chi connectivity index (χ3v) is 8.32. The highest BCUT2D eigenvalue weighted by atomic mass is 16.6. The van der Waals surface area contributed by atoms with E-state index in [9.17, 15) is 25.2 Å². The normalized spacial score (nSPS) is 53.9. The molecule has 0 aromatic heterocycles. The standard InChI is InChI=1S/C20H26O7/c1-10(8-21)18-5-6-19(24)17(2)4-3-11-12(9-26-15(11)22)13(17)7-14(27-18)20(19,25)16(18)23/h5-6,10,13-14,16,21,23-25H,3-4,7-9H2,1-2H3/t10?,13-,14-,16+,17-,18+,19+,20+/m0/s1. The molecule has 0 aromatic rings. The number of aliphatic hydroxyl groups excluding tert-OH is 2. The van der Waals surface area contributed by atoms with E-state index in [0.717, 1.165) is 5.57 Å². The summed E-state index contributed by atoms with van der Waals surface area (Å²) in [6.45, 7) is 3.65. The van der Waals surface area contributed by atoms with E-state index >= 15 is 0 Å². The summed E-state index contributed by atoms with van der Waals surface area (Å²) < 4.78 is 11.4. The molecule has 7 nitrogen and oxygen atoms in total. The minimum absolute atomic E-state index is 0.196. The lowest BCUT2D eigenvalue weighted by Crippen LogP contribution is -2.77. The van der Waals surface area contributed by atoms with Crippen LogP contribution in [0.5, 0.6) is 0 Å². The first kappa shape index (κ1) is 17.8. The number of ether oxygens (including phenoxy) is 2. The summed E-state index contributed by atoms with van der Waals surface area (Å²) in [5.74, 6) is -0.945. The van der Waals surface area contributed by atoms with Crippen LogP contribution in [0.1, 0.15) is 33.1 Å². The molecule has 0 spiro atoms. The van der Waals surface area contributed by atoms with Gasteiger partial charge in [0.1, 0.15) is 23.9 Å². The van der Waals surface area contributed by atoms with Crippen LogP contribution in [0.15, 0.2) is 23.3 Å². The average Bonchev–Trinajstić information content (AvgIpc) is 3.10. The van der Waals surface area contributed by atoms with Crippen molar-refractivity contribution in [2.24, 2.45) is 17.3 Å². The van der Waals surface area contributed by atoms with Gasteiger partial charge in [0.25, 0.3) is 0 Å². The van der Waals surface area contributed by atoms with Crippen LogP contribution in [0.25, 0.3) is 0 Å². The molecular formula is C20H26O7. The molecule has 0 radical (unpaired) electrons. The summed E-state index contributed by atoms with van der Waals surface area (Å²) in [5.41, 5.74) is -4.05. The summed E-state index contributed by atoms with van der Waals surface area (Å²) in [7, 11) is 0. The quantitative estimate of drug-likeness (QED) is 0.389. The van der Waals surface area contributed by atoms with Gasteiger partial charge in [0.15, 0.2) is 5.60 Å². The largest absolute Gasteiger partial charge is 0.458 e. The molecule has 2 heterocycles. The van der Waals surface area contributed by atoms with Gasteiger partial charge in [-0.05, 0) is 30.8 Å². The molecule has 5 rings (SSSR count). The zero-order chi connectivity index (χ0) is 19.4. The van der Waals surface area contributed by atoms with Crippen LogP contribution < -0.4 is 0 Å².